The van der Waals surface area contributed by atoms with Crippen molar-refractivity contribution >= 4 is 29.5 Å². The first-order chi connectivity index (χ1) is 16.4. The van der Waals surface area contributed by atoms with Gasteiger partial charge in [0.1, 0.15) is 17.1 Å². The van der Waals surface area contributed by atoms with Crippen molar-refractivity contribution in [2.75, 3.05) is 24.8 Å². The standard InChI is InChI=1S/C26H30N2O6/c1-4-14-33-23-13-12-20(24(18(23)2)34-16-9-8-15-32-19(3)29)17-22-25(30)27-28(26(22)31)21-10-6-5-7-11-21/h5-7,10-13,17H,4,8-9,14-16H2,1-3H3,(H,27,30)/b22-17+. The summed E-state index contributed by atoms with van der Waals surface area (Å²) in [6.07, 6.45) is 3.74. The first-order valence-corrected chi connectivity index (χ1v) is 11.4. The second-order valence-electron chi connectivity index (χ2n) is 7.83. The predicted octanol–water partition coefficient (Wildman–Crippen LogP) is 3.97. The molecule has 0 unspecified atom stereocenters. The van der Waals surface area contributed by atoms with E-state index in [9.17, 15) is 14.4 Å². The number of rotatable bonds is 11. The third-order valence-corrected chi connectivity index (χ3v) is 5.14. The Kier molecular flexibility index (Phi) is 8.67. The van der Waals surface area contributed by atoms with Gasteiger partial charge in [-0.3, -0.25) is 19.8 Å². The third kappa shape index (κ3) is 6.15. The Balaban J connectivity index is 1.83. The van der Waals surface area contributed by atoms with Gasteiger partial charge in [-0.1, -0.05) is 25.1 Å². The molecule has 1 heterocycles. The summed E-state index contributed by atoms with van der Waals surface area (Å²) in [7, 11) is 0. The summed E-state index contributed by atoms with van der Waals surface area (Å²) in [5.74, 6) is 0.00696. The summed E-state index contributed by atoms with van der Waals surface area (Å²) in [5, 5.41) is 1.23. The van der Waals surface area contributed by atoms with Crippen molar-refractivity contribution in [2.45, 2.75) is 40.0 Å². The topological polar surface area (TPSA) is 94.2 Å². The smallest absolute Gasteiger partial charge is 0.302 e. The second-order valence-corrected chi connectivity index (χ2v) is 7.83. The number of benzene rings is 2. The fourth-order valence-electron chi connectivity index (χ4n) is 3.43. The van der Waals surface area contributed by atoms with Crippen molar-refractivity contribution in [2.24, 2.45) is 0 Å². The lowest BCUT2D eigenvalue weighted by Crippen LogP contribution is -2.35. The number of carbonyl (C=O) groups is 3. The molecule has 2 aromatic rings. The second kappa shape index (κ2) is 11.9. The summed E-state index contributed by atoms with van der Waals surface area (Å²) in [4.78, 5) is 36.5. The highest BCUT2D eigenvalue weighted by atomic mass is 16.5. The van der Waals surface area contributed by atoms with E-state index in [1.54, 1.807) is 36.4 Å². The number of para-hydroxylation sites is 1. The summed E-state index contributed by atoms with van der Waals surface area (Å²) in [6, 6.07) is 12.5. The number of amides is 2. The zero-order valence-corrected chi connectivity index (χ0v) is 19.8. The van der Waals surface area contributed by atoms with Crippen LogP contribution in [0.25, 0.3) is 6.08 Å². The maximum absolute atomic E-state index is 13.0. The number of hydrogen-bond donors (Lipinski definition) is 1. The lowest BCUT2D eigenvalue weighted by molar-refractivity contribution is -0.141. The highest BCUT2D eigenvalue weighted by Crippen LogP contribution is 2.34. The average Bonchev–Trinajstić information content (AvgIpc) is 3.11. The molecule has 2 aromatic carbocycles. The van der Waals surface area contributed by atoms with Crippen LogP contribution in [0.3, 0.4) is 0 Å². The highest BCUT2D eigenvalue weighted by molar-refractivity contribution is 6.31. The van der Waals surface area contributed by atoms with Gasteiger partial charge in [0.25, 0.3) is 11.8 Å². The Morgan fingerprint density at radius 3 is 2.44 bits per heavy atom. The fraction of sp³-hybridized carbons (Fsp3) is 0.346. The lowest BCUT2D eigenvalue weighted by Gasteiger charge is -2.16. The number of nitrogens with zero attached hydrogens (tertiary/aromatic N) is 1. The van der Waals surface area contributed by atoms with Gasteiger partial charge in [0.2, 0.25) is 0 Å². The van der Waals surface area contributed by atoms with E-state index in [1.807, 2.05) is 26.0 Å². The Labute approximate surface area is 199 Å². The van der Waals surface area contributed by atoms with Gasteiger partial charge in [-0.05, 0) is 56.5 Å². The molecule has 0 spiro atoms. The van der Waals surface area contributed by atoms with Crippen molar-refractivity contribution < 1.29 is 28.6 Å². The molecule has 0 atom stereocenters. The molecule has 1 fully saturated rings. The van der Waals surface area contributed by atoms with E-state index in [4.69, 9.17) is 14.2 Å². The number of carbonyl (C=O) groups excluding carboxylic acids is 3. The first-order valence-electron chi connectivity index (χ1n) is 11.4. The van der Waals surface area contributed by atoms with Crippen LogP contribution >= 0.6 is 0 Å². The number of hydrogen-bond acceptors (Lipinski definition) is 6. The number of nitrogens with one attached hydrogen (secondary N) is 1. The number of esters is 1. The van der Waals surface area contributed by atoms with Crippen LogP contribution in [-0.4, -0.2) is 37.6 Å². The zero-order chi connectivity index (χ0) is 24.5. The Hall–Kier alpha value is -3.81. The van der Waals surface area contributed by atoms with Gasteiger partial charge < -0.3 is 14.2 Å². The molecule has 1 aliphatic heterocycles. The van der Waals surface area contributed by atoms with Gasteiger partial charge in [-0.15, -0.1) is 0 Å². The van der Waals surface area contributed by atoms with Crippen LogP contribution in [0, 0.1) is 6.92 Å². The summed E-state index contributed by atoms with van der Waals surface area (Å²) >= 11 is 0. The van der Waals surface area contributed by atoms with Crippen molar-refractivity contribution in [1.29, 1.82) is 0 Å². The number of ether oxygens (including phenoxy) is 3. The van der Waals surface area contributed by atoms with E-state index >= 15 is 0 Å². The minimum Gasteiger partial charge on any atom is -0.493 e. The molecule has 2 amide bonds. The van der Waals surface area contributed by atoms with Crippen LogP contribution in [0.1, 0.15) is 44.2 Å². The molecule has 1 aliphatic rings. The van der Waals surface area contributed by atoms with E-state index in [2.05, 4.69) is 5.43 Å². The van der Waals surface area contributed by atoms with Crippen LogP contribution in [0.2, 0.25) is 0 Å². The van der Waals surface area contributed by atoms with E-state index < -0.39 is 11.8 Å². The Morgan fingerprint density at radius 2 is 1.74 bits per heavy atom. The van der Waals surface area contributed by atoms with E-state index in [1.165, 1.54) is 11.9 Å². The van der Waals surface area contributed by atoms with Gasteiger partial charge in [0.05, 0.1) is 25.5 Å². The Morgan fingerprint density at radius 1 is 1.00 bits per heavy atom. The van der Waals surface area contributed by atoms with Crippen LogP contribution in [-0.2, 0) is 19.1 Å². The zero-order valence-electron chi connectivity index (χ0n) is 19.8. The maximum Gasteiger partial charge on any atom is 0.302 e. The number of unbranched alkanes of at least 4 members (excludes halogenated alkanes) is 1. The molecule has 180 valence electrons. The van der Waals surface area contributed by atoms with Gasteiger partial charge in [0, 0.05) is 18.1 Å². The summed E-state index contributed by atoms with van der Waals surface area (Å²) < 4.78 is 16.8. The van der Waals surface area contributed by atoms with E-state index in [0.29, 0.717) is 55.4 Å². The Bertz CT molecular complexity index is 1060. The average molecular weight is 467 g/mol. The van der Waals surface area contributed by atoms with Crippen molar-refractivity contribution in [3.8, 4) is 11.5 Å². The number of anilines is 1. The molecule has 0 saturated carbocycles. The predicted molar refractivity (Wildman–Crippen MR) is 128 cm³/mol. The molecule has 0 bridgehead atoms. The van der Waals surface area contributed by atoms with Crippen molar-refractivity contribution in [1.82, 2.24) is 5.43 Å². The third-order valence-electron chi connectivity index (χ3n) is 5.14. The van der Waals surface area contributed by atoms with Crippen LogP contribution in [0.15, 0.2) is 48.0 Å². The highest BCUT2D eigenvalue weighted by Gasteiger charge is 2.34. The molecule has 8 nitrogen and oxygen atoms in total. The molecule has 8 heteroatoms. The molecule has 1 N–H and O–H groups in total. The van der Waals surface area contributed by atoms with Gasteiger partial charge >= 0.3 is 5.97 Å². The van der Waals surface area contributed by atoms with Gasteiger partial charge in [-0.25, -0.2) is 5.01 Å². The lowest BCUT2D eigenvalue weighted by atomic mass is 10.0. The minimum atomic E-state index is -0.481. The SMILES string of the molecule is CCCOc1ccc(/C=C2\C(=O)NN(c3ccccc3)C2=O)c(OCCCCOC(C)=O)c1C. The van der Waals surface area contributed by atoms with E-state index in [0.717, 1.165) is 12.0 Å². The minimum absolute atomic E-state index is 0.0187. The molecule has 34 heavy (non-hydrogen) atoms. The van der Waals surface area contributed by atoms with Crippen LogP contribution in [0.4, 0.5) is 5.69 Å². The largest absolute Gasteiger partial charge is 0.493 e. The normalized spacial score (nSPS) is 14.3. The molecular formula is C26H30N2O6. The van der Waals surface area contributed by atoms with Crippen molar-refractivity contribution in [3.63, 3.8) is 0 Å². The molecule has 0 aromatic heterocycles. The monoisotopic (exact) mass is 466 g/mol. The quantitative estimate of drug-likeness (QED) is 0.233. The number of hydrazine groups is 1. The summed E-state index contributed by atoms with van der Waals surface area (Å²) in [6.45, 7) is 6.56. The fourth-order valence-corrected chi connectivity index (χ4v) is 3.43. The van der Waals surface area contributed by atoms with E-state index in [-0.39, 0.29) is 11.5 Å². The molecule has 0 radical (unpaired) electrons. The molecule has 1 saturated heterocycles. The molecule has 3 rings (SSSR count). The molecular weight excluding hydrogens is 436 g/mol. The maximum atomic E-state index is 13.0. The van der Waals surface area contributed by atoms with Crippen LogP contribution < -0.4 is 19.9 Å². The van der Waals surface area contributed by atoms with Gasteiger partial charge in [-0.2, -0.15) is 0 Å². The molecule has 0 aliphatic carbocycles. The van der Waals surface area contributed by atoms with Crippen molar-refractivity contribution in [3.05, 3.63) is 59.2 Å². The first kappa shape index (κ1) is 24.8. The summed E-state index contributed by atoms with van der Waals surface area (Å²) in [5.41, 5.74) is 4.60. The van der Waals surface area contributed by atoms with Gasteiger partial charge in [0.15, 0.2) is 0 Å². The van der Waals surface area contributed by atoms with Crippen LogP contribution in [0.5, 0.6) is 11.5 Å².